The predicted octanol–water partition coefficient (Wildman–Crippen LogP) is 2.58. The van der Waals surface area contributed by atoms with Crippen molar-refractivity contribution in [2.45, 2.75) is 0 Å². The molecule has 0 aliphatic rings. The molecule has 0 fully saturated rings. The summed E-state index contributed by atoms with van der Waals surface area (Å²) in [5.41, 5.74) is 7.65. The molecule has 7 heteroatoms. The smallest absolute Gasteiger partial charge is 0.258 e. The van der Waals surface area contributed by atoms with Gasteiger partial charge >= 0.3 is 0 Å². The molecule has 3 aromatic rings. The minimum Gasteiger partial charge on any atom is -0.396 e. The number of nitrogens with two attached hydrogens (primary N) is 1. The SMILES string of the molecule is Nc1ccc(-c2nc(-c3cncs3)no2)cc1F. The standard InChI is InChI=1S/C11H7FN4OS/c12-7-3-6(1-2-8(7)13)11-15-10(16-17-11)9-4-14-5-18-9/h1-5H,13H2. The molecule has 3 rings (SSSR count). The van der Waals surface area contributed by atoms with Crippen molar-refractivity contribution in [2.75, 3.05) is 5.73 Å². The number of hydrogen-bond donors (Lipinski definition) is 1. The Bertz CT molecular complexity index is 680. The van der Waals surface area contributed by atoms with Crippen LogP contribution in [0.25, 0.3) is 22.2 Å². The molecule has 0 saturated carbocycles. The Labute approximate surface area is 105 Å². The van der Waals surface area contributed by atoms with Crippen LogP contribution in [0.2, 0.25) is 0 Å². The van der Waals surface area contributed by atoms with Crippen LogP contribution in [-0.4, -0.2) is 15.1 Å². The average molecular weight is 262 g/mol. The topological polar surface area (TPSA) is 77.8 Å². The molecule has 0 atom stereocenters. The maximum Gasteiger partial charge on any atom is 0.258 e. The number of anilines is 1. The van der Waals surface area contributed by atoms with Crippen molar-refractivity contribution in [2.24, 2.45) is 0 Å². The molecule has 0 spiro atoms. The zero-order valence-corrected chi connectivity index (χ0v) is 9.82. The van der Waals surface area contributed by atoms with E-state index in [1.807, 2.05) is 0 Å². The molecule has 0 aliphatic carbocycles. The summed E-state index contributed by atoms with van der Waals surface area (Å²) < 4.78 is 18.4. The van der Waals surface area contributed by atoms with E-state index < -0.39 is 5.82 Å². The van der Waals surface area contributed by atoms with E-state index in [1.54, 1.807) is 17.8 Å². The van der Waals surface area contributed by atoms with Crippen molar-refractivity contribution >= 4 is 17.0 Å². The van der Waals surface area contributed by atoms with Gasteiger partial charge in [-0.2, -0.15) is 4.98 Å². The number of benzene rings is 1. The molecule has 90 valence electrons. The third kappa shape index (κ3) is 1.84. The first-order chi connectivity index (χ1) is 8.74. The van der Waals surface area contributed by atoms with Crippen LogP contribution in [0.5, 0.6) is 0 Å². The average Bonchev–Trinajstić information content (AvgIpc) is 3.01. The van der Waals surface area contributed by atoms with E-state index in [0.29, 0.717) is 11.4 Å². The molecular formula is C11H7FN4OS. The highest BCUT2D eigenvalue weighted by Crippen LogP contribution is 2.25. The van der Waals surface area contributed by atoms with E-state index in [4.69, 9.17) is 10.3 Å². The van der Waals surface area contributed by atoms with Gasteiger partial charge in [-0.25, -0.2) is 4.39 Å². The van der Waals surface area contributed by atoms with Gasteiger partial charge in [0.15, 0.2) is 0 Å². The van der Waals surface area contributed by atoms with Crippen LogP contribution in [0.4, 0.5) is 10.1 Å². The lowest BCUT2D eigenvalue weighted by atomic mass is 10.2. The third-order valence-corrected chi connectivity index (χ3v) is 3.10. The van der Waals surface area contributed by atoms with Gasteiger partial charge in [0.2, 0.25) is 5.82 Å². The summed E-state index contributed by atoms with van der Waals surface area (Å²) in [6.07, 6.45) is 1.64. The summed E-state index contributed by atoms with van der Waals surface area (Å²) in [7, 11) is 0. The number of aromatic nitrogens is 3. The van der Waals surface area contributed by atoms with Crippen molar-refractivity contribution in [3.05, 3.63) is 35.7 Å². The highest BCUT2D eigenvalue weighted by atomic mass is 32.1. The molecule has 2 heterocycles. The lowest BCUT2D eigenvalue weighted by Crippen LogP contribution is -1.90. The van der Waals surface area contributed by atoms with Crippen molar-refractivity contribution in [1.82, 2.24) is 15.1 Å². The lowest BCUT2D eigenvalue weighted by Gasteiger charge is -1.97. The number of rotatable bonds is 2. The third-order valence-electron chi connectivity index (χ3n) is 2.33. The van der Waals surface area contributed by atoms with E-state index in [9.17, 15) is 4.39 Å². The summed E-state index contributed by atoms with van der Waals surface area (Å²) in [5, 5.41) is 3.82. The van der Waals surface area contributed by atoms with Crippen LogP contribution in [0.15, 0.2) is 34.4 Å². The van der Waals surface area contributed by atoms with Crippen LogP contribution in [0.1, 0.15) is 0 Å². The summed E-state index contributed by atoms with van der Waals surface area (Å²) in [6, 6.07) is 4.35. The molecule has 0 unspecified atom stereocenters. The zero-order chi connectivity index (χ0) is 12.5. The van der Waals surface area contributed by atoms with E-state index in [2.05, 4.69) is 15.1 Å². The van der Waals surface area contributed by atoms with Gasteiger partial charge in [0.05, 0.1) is 16.1 Å². The van der Waals surface area contributed by atoms with Crippen LogP contribution >= 0.6 is 11.3 Å². The molecule has 18 heavy (non-hydrogen) atoms. The van der Waals surface area contributed by atoms with Gasteiger partial charge in [-0.1, -0.05) is 5.16 Å². The normalized spacial score (nSPS) is 10.7. The van der Waals surface area contributed by atoms with E-state index in [1.165, 1.54) is 23.5 Å². The van der Waals surface area contributed by atoms with Gasteiger partial charge in [0, 0.05) is 11.8 Å². The van der Waals surface area contributed by atoms with Crippen LogP contribution in [-0.2, 0) is 0 Å². The summed E-state index contributed by atoms with van der Waals surface area (Å²) in [6.45, 7) is 0. The molecule has 1 aromatic carbocycles. The highest BCUT2D eigenvalue weighted by Gasteiger charge is 2.12. The monoisotopic (exact) mass is 262 g/mol. The number of halogens is 1. The second-order valence-corrected chi connectivity index (χ2v) is 4.41. The Morgan fingerprint density at radius 1 is 1.33 bits per heavy atom. The molecule has 0 saturated heterocycles. The fourth-order valence-electron chi connectivity index (χ4n) is 1.43. The van der Waals surface area contributed by atoms with Gasteiger partial charge in [-0.05, 0) is 18.2 Å². The molecular weight excluding hydrogens is 255 g/mol. The summed E-state index contributed by atoms with van der Waals surface area (Å²) >= 11 is 1.40. The van der Waals surface area contributed by atoms with Crippen molar-refractivity contribution in [3.8, 4) is 22.2 Å². The van der Waals surface area contributed by atoms with Crippen molar-refractivity contribution < 1.29 is 8.91 Å². The fourth-order valence-corrected chi connectivity index (χ4v) is 1.97. The van der Waals surface area contributed by atoms with Crippen molar-refractivity contribution in [1.29, 1.82) is 0 Å². The zero-order valence-electron chi connectivity index (χ0n) is 9.00. The van der Waals surface area contributed by atoms with E-state index in [-0.39, 0.29) is 11.6 Å². The van der Waals surface area contributed by atoms with Gasteiger partial charge in [0.25, 0.3) is 5.89 Å². The van der Waals surface area contributed by atoms with Gasteiger partial charge in [-0.15, -0.1) is 11.3 Å². The molecule has 0 aliphatic heterocycles. The Kier molecular flexibility index (Phi) is 2.52. The first-order valence-corrected chi connectivity index (χ1v) is 5.90. The van der Waals surface area contributed by atoms with Gasteiger partial charge < -0.3 is 10.3 Å². The maximum atomic E-state index is 13.3. The molecule has 0 amide bonds. The van der Waals surface area contributed by atoms with E-state index >= 15 is 0 Å². The van der Waals surface area contributed by atoms with Gasteiger partial charge in [-0.3, -0.25) is 4.98 Å². The Hall–Kier alpha value is -2.28. The first-order valence-electron chi connectivity index (χ1n) is 5.02. The molecule has 5 nitrogen and oxygen atoms in total. The number of nitrogen functional groups attached to an aromatic ring is 1. The Morgan fingerprint density at radius 2 is 2.22 bits per heavy atom. The minimum absolute atomic E-state index is 0.0842. The molecule has 2 N–H and O–H groups in total. The maximum absolute atomic E-state index is 13.3. The van der Waals surface area contributed by atoms with E-state index in [0.717, 1.165) is 4.88 Å². The second-order valence-electron chi connectivity index (χ2n) is 3.53. The Morgan fingerprint density at radius 3 is 2.94 bits per heavy atom. The quantitative estimate of drug-likeness (QED) is 0.718. The first kappa shape index (κ1) is 10.8. The molecule has 0 bridgehead atoms. The Balaban J connectivity index is 2.00. The molecule has 0 radical (unpaired) electrons. The number of thiazole rings is 1. The largest absolute Gasteiger partial charge is 0.396 e. The second kappa shape index (κ2) is 4.19. The van der Waals surface area contributed by atoms with Crippen LogP contribution in [0, 0.1) is 5.82 Å². The fraction of sp³-hybridized carbons (Fsp3) is 0. The minimum atomic E-state index is -0.509. The summed E-state index contributed by atoms with van der Waals surface area (Å²) in [5.74, 6) is 0.173. The predicted molar refractivity (Wildman–Crippen MR) is 65.2 cm³/mol. The van der Waals surface area contributed by atoms with Crippen LogP contribution in [0.3, 0.4) is 0 Å². The summed E-state index contributed by atoms with van der Waals surface area (Å²) in [4.78, 5) is 8.90. The molecule has 2 aromatic heterocycles. The van der Waals surface area contributed by atoms with Gasteiger partial charge in [0.1, 0.15) is 5.82 Å². The number of nitrogens with zero attached hydrogens (tertiary/aromatic N) is 3. The number of hydrogen-bond acceptors (Lipinski definition) is 6. The van der Waals surface area contributed by atoms with Crippen LogP contribution < -0.4 is 5.73 Å². The van der Waals surface area contributed by atoms with Crippen molar-refractivity contribution in [3.63, 3.8) is 0 Å². The highest BCUT2D eigenvalue weighted by molar-refractivity contribution is 7.13. The lowest BCUT2D eigenvalue weighted by molar-refractivity contribution is 0.432.